The maximum Gasteiger partial charge on any atom is 0.186 e. The van der Waals surface area contributed by atoms with Gasteiger partial charge >= 0.3 is 0 Å². The smallest absolute Gasteiger partial charge is 0.186 e. The van der Waals surface area contributed by atoms with Gasteiger partial charge in [0.2, 0.25) is 0 Å². The average molecular weight is 589 g/mol. The van der Waals surface area contributed by atoms with Crippen LogP contribution in [0.2, 0.25) is 0 Å². The lowest BCUT2D eigenvalue weighted by Gasteiger charge is -2.73. The number of allylic oxidation sites excluding steroid dienone is 1. The lowest BCUT2D eigenvalue weighted by molar-refractivity contribution is -0.331. The molecule has 0 radical (unpaired) electrons. The first-order valence-corrected chi connectivity index (χ1v) is 17.2. The molecule has 0 aromatic heterocycles. The van der Waals surface area contributed by atoms with Crippen molar-refractivity contribution in [3.05, 3.63) is 12.2 Å². The molecule has 1 saturated heterocycles. The molecular formula is C36H60O6. The van der Waals surface area contributed by atoms with Gasteiger partial charge in [-0.1, -0.05) is 53.7 Å². The number of aliphatic hydroxyl groups excluding tert-OH is 4. The molecular weight excluding hydrogens is 528 g/mol. The minimum atomic E-state index is -1.41. The predicted octanol–water partition coefficient (Wildman–Crippen LogP) is 5.85. The molecule has 0 bridgehead atoms. The Bertz CT molecular complexity index is 1060. The number of hydrogen-bond acceptors (Lipinski definition) is 6. The summed E-state index contributed by atoms with van der Waals surface area (Å²) < 4.78 is 12.3. The van der Waals surface area contributed by atoms with Crippen molar-refractivity contribution in [2.24, 2.45) is 56.7 Å². The summed E-state index contributed by atoms with van der Waals surface area (Å²) in [6, 6.07) is 0. The van der Waals surface area contributed by atoms with Crippen LogP contribution in [0.25, 0.3) is 0 Å². The van der Waals surface area contributed by atoms with Crippen molar-refractivity contribution in [3.8, 4) is 0 Å². The zero-order valence-electron chi connectivity index (χ0n) is 27.4. The molecule has 6 rings (SSSR count). The summed E-state index contributed by atoms with van der Waals surface area (Å²) in [6.07, 6.45) is 6.16. The molecule has 0 unspecified atom stereocenters. The van der Waals surface area contributed by atoms with Crippen LogP contribution in [0.1, 0.15) is 113 Å². The second-order valence-corrected chi connectivity index (χ2v) is 17.5. The molecule has 4 N–H and O–H groups in total. The largest absolute Gasteiger partial charge is 0.394 e. The number of hydrogen-bond donors (Lipinski definition) is 4. The van der Waals surface area contributed by atoms with Gasteiger partial charge in [-0.3, -0.25) is 0 Å². The van der Waals surface area contributed by atoms with E-state index < -0.39 is 37.3 Å². The standard InChI is InChI=1S/C36H60O6/c1-20(2)21-11-14-33(5)17-18-35(7)22(27(21)33)9-10-25-34(6)15-13-26(32(3,4)24(34)12-16-36(25,35)8)42-31-30(40)29(39)28(38)23(19-37)41-31/h21-31,37-40H,1,9-19H2,2-8H3/t21-,22+,23+,24-,25+,26-,27+,28-,29-,30+,31+,33+,34-,35+,36+/m0/s1. The zero-order valence-corrected chi connectivity index (χ0v) is 27.4. The molecule has 6 heteroatoms. The summed E-state index contributed by atoms with van der Waals surface area (Å²) in [7, 11) is 0. The normalized spacial score (nSPS) is 57.0. The quantitative estimate of drug-likeness (QED) is 0.243. The van der Waals surface area contributed by atoms with Crippen molar-refractivity contribution in [2.45, 2.75) is 149 Å². The van der Waals surface area contributed by atoms with Crippen LogP contribution in [0.3, 0.4) is 0 Å². The third kappa shape index (κ3) is 4.17. The third-order valence-corrected chi connectivity index (χ3v) is 15.6. The Morgan fingerprint density at radius 1 is 0.786 bits per heavy atom. The van der Waals surface area contributed by atoms with E-state index in [4.69, 9.17) is 9.47 Å². The lowest BCUT2D eigenvalue weighted by atomic mass is 9.32. The van der Waals surface area contributed by atoms with Crippen molar-refractivity contribution in [2.75, 3.05) is 6.61 Å². The van der Waals surface area contributed by atoms with Gasteiger partial charge in [0, 0.05) is 0 Å². The van der Waals surface area contributed by atoms with Crippen molar-refractivity contribution in [3.63, 3.8) is 0 Å². The first-order valence-electron chi connectivity index (χ1n) is 17.2. The molecule has 0 aromatic rings. The highest BCUT2D eigenvalue weighted by Crippen LogP contribution is 2.77. The minimum absolute atomic E-state index is 0.140. The number of fused-ring (bicyclic) bond motifs is 7. The molecule has 1 aliphatic heterocycles. The van der Waals surface area contributed by atoms with Crippen LogP contribution in [0, 0.1) is 56.7 Å². The van der Waals surface area contributed by atoms with Crippen LogP contribution in [0.4, 0.5) is 0 Å². The first-order chi connectivity index (χ1) is 19.5. The Hall–Kier alpha value is -0.500. The predicted molar refractivity (Wildman–Crippen MR) is 163 cm³/mol. The fourth-order valence-corrected chi connectivity index (χ4v) is 13.1. The molecule has 15 atom stereocenters. The number of rotatable bonds is 4. The van der Waals surface area contributed by atoms with Gasteiger partial charge in [0.25, 0.3) is 0 Å². The van der Waals surface area contributed by atoms with E-state index in [0.717, 1.165) is 24.7 Å². The van der Waals surface area contributed by atoms with Gasteiger partial charge in [0.05, 0.1) is 12.7 Å². The highest BCUT2D eigenvalue weighted by atomic mass is 16.7. The Labute approximate surface area is 254 Å². The summed E-state index contributed by atoms with van der Waals surface area (Å²) >= 11 is 0. The van der Waals surface area contributed by atoms with Crippen LogP contribution in [0.15, 0.2) is 12.2 Å². The zero-order chi connectivity index (χ0) is 30.6. The van der Waals surface area contributed by atoms with Gasteiger partial charge in [-0.15, -0.1) is 0 Å². The van der Waals surface area contributed by atoms with Gasteiger partial charge in [-0.05, 0) is 128 Å². The van der Waals surface area contributed by atoms with E-state index in [0.29, 0.717) is 34.0 Å². The van der Waals surface area contributed by atoms with Gasteiger partial charge < -0.3 is 29.9 Å². The van der Waals surface area contributed by atoms with Crippen LogP contribution in [-0.4, -0.2) is 63.8 Å². The monoisotopic (exact) mass is 588 g/mol. The van der Waals surface area contributed by atoms with Gasteiger partial charge in [0.15, 0.2) is 6.29 Å². The summed E-state index contributed by atoms with van der Waals surface area (Å²) in [5.74, 6) is 3.39. The highest BCUT2D eigenvalue weighted by Gasteiger charge is 2.70. The summed E-state index contributed by atoms with van der Waals surface area (Å²) in [4.78, 5) is 0. The van der Waals surface area contributed by atoms with Crippen LogP contribution >= 0.6 is 0 Å². The first kappa shape index (κ1) is 31.5. The van der Waals surface area contributed by atoms with Crippen molar-refractivity contribution in [1.29, 1.82) is 0 Å². The van der Waals surface area contributed by atoms with Crippen molar-refractivity contribution in [1.82, 2.24) is 0 Å². The van der Waals surface area contributed by atoms with E-state index in [-0.39, 0.29) is 16.9 Å². The molecule has 6 fully saturated rings. The molecule has 0 amide bonds. The molecule has 0 aromatic carbocycles. The Morgan fingerprint density at radius 2 is 1.50 bits per heavy atom. The molecule has 5 saturated carbocycles. The molecule has 42 heavy (non-hydrogen) atoms. The van der Waals surface area contributed by atoms with Crippen molar-refractivity contribution < 1.29 is 29.9 Å². The summed E-state index contributed by atoms with van der Waals surface area (Å²) in [5.41, 5.74) is 2.61. The van der Waals surface area contributed by atoms with Gasteiger partial charge in [0.1, 0.15) is 24.4 Å². The number of aliphatic hydroxyl groups is 4. The summed E-state index contributed by atoms with van der Waals surface area (Å²) in [6.45, 7) is 21.6. The summed E-state index contributed by atoms with van der Waals surface area (Å²) in [5, 5.41) is 41.0. The van der Waals surface area contributed by atoms with E-state index in [1.165, 1.54) is 56.9 Å². The minimum Gasteiger partial charge on any atom is -0.394 e. The Balaban J connectivity index is 1.25. The Kier molecular flexibility index (Phi) is 7.69. The molecule has 6 aliphatic rings. The van der Waals surface area contributed by atoms with Crippen molar-refractivity contribution >= 4 is 0 Å². The molecule has 0 spiro atoms. The lowest BCUT2D eigenvalue weighted by Crippen LogP contribution is -2.67. The topological polar surface area (TPSA) is 99.4 Å². The third-order valence-electron chi connectivity index (χ3n) is 15.6. The van der Waals surface area contributed by atoms with Crippen LogP contribution in [0.5, 0.6) is 0 Å². The molecule has 5 aliphatic carbocycles. The SMILES string of the molecule is C=C(C)[C@@H]1CC[C@]2(C)CC[C@]3(C)[C@H](CC[C@@H]4[C@@]5(C)CC[C@H](O[C@H]6O[C@H](CO)[C@H](O)[C@H](O)[C@H]6O)C(C)(C)[C@@H]5CC[C@]43C)[C@@H]12. The molecule has 240 valence electrons. The highest BCUT2D eigenvalue weighted by molar-refractivity contribution is 5.21. The van der Waals surface area contributed by atoms with Crippen LogP contribution < -0.4 is 0 Å². The van der Waals surface area contributed by atoms with Gasteiger partial charge in [-0.2, -0.15) is 0 Å². The second-order valence-electron chi connectivity index (χ2n) is 17.5. The van der Waals surface area contributed by atoms with E-state index >= 15 is 0 Å². The van der Waals surface area contributed by atoms with E-state index in [9.17, 15) is 20.4 Å². The number of ether oxygens (including phenoxy) is 2. The van der Waals surface area contributed by atoms with E-state index in [1.54, 1.807) is 0 Å². The second kappa shape index (κ2) is 10.3. The Morgan fingerprint density at radius 3 is 2.17 bits per heavy atom. The maximum atomic E-state index is 10.7. The fourth-order valence-electron chi connectivity index (χ4n) is 13.1. The van der Waals surface area contributed by atoms with Crippen LogP contribution in [-0.2, 0) is 9.47 Å². The van der Waals surface area contributed by atoms with Gasteiger partial charge in [-0.25, -0.2) is 0 Å². The van der Waals surface area contributed by atoms with E-state index in [1.807, 2.05) is 0 Å². The molecule has 1 heterocycles. The molecule has 6 nitrogen and oxygen atoms in total. The van der Waals surface area contributed by atoms with E-state index in [2.05, 4.69) is 55.0 Å². The fraction of sp³-hybridized carbons (Fsp3) is 0.944. The average Bonchev–Trinajstić information content (AvgIpc) is 3.28. The maximum absolute atomic E-state index is 10.7.